The van der Waals surface area contributed by atoms with Crippen LogP contribution in [0.4, 0.5) is 0 Å². The van der Waals surface area contributed by atoms with E-state index in [9.17, 15) is 0 Å². The van der Waals surface area contributed by atoms with Crippen LogP contribution in [0.2, 0.25) is 0 Å². The largest absolute Gasteiger partial charge is 0.496 e. The van der Waals surface area contributed by atoms with Crippen molar-refractivity contribution >= 4 is 5.70 Å². The van der Waals surface area contributed by atoms with Gasteiger partial charge in [-0.3, -0.25) is 0 Å². The van der Waals surface area contributed by atoms with Gasteiger partial charge in [-0.1, -0.05) is 6.58 Å². The van der Waals surface area contributed by atoms with Crippen molar-refractivity contribution in [2.75, 3.05) is 7.11 Å². The fourth-order valence-corrected chi connectivity index (χ4v) is 1.36. The van der Waals surface area contributed by atoms with Gasteiger partial charge in [0.2, 0.25) is 0 Å². The first kappa shape index (κ1) is 9.65. The Morgan fingerprint density at radius 3 is 2.38 bits per heavy atom. The van der Waals surface area contributed by atoms with Gasteiger partial charge < -0.3 is 10.5 Å². The van der Waals surface area contributed by atoms with Gasteiger partial charge in [0.15, 0.2) is 0 Å². The normalized spacial score (nSPS) is 9.77. The Kier molecular flexibility index (Phi) is 2.61. The van der Waals surface area contributed by atoms with Crippen LogP contribution in [0.15, 0.2) is 18.7 Å². The van der Waals surface area contributed by atoms with E-state index in [1.807, 2.05) is 26.0 Å². The first-order valence-corrected chi connectivity index (χ1v) is 4.16. The molecule has 1 rings (SSSR count). The van der Waals surface area contributed by atoms with Gasteiger partial charge in [0.1, 0.15) is 5.75 Å². The van der Waals surface area contributed by atoms with Crippen LogP contribution >= 0.6 is 0 Å². The first-order chi connectivity index (χ1) is 6.06. The summed E-state index contributed by atoms with van der Waals surface area (Å²) in [4.78, 5) is 0. The fraction of sp³-hybridized carbons (Fsp3) is 0.273. The lowest BCUT2D eigenvalue weighted by atomic mass is 10.0. The zero-order chi connectivity index (χ0) is 10.0. The smallest absolute Gasteiger partial charge is 0.122 e. The zero-order valence-corrected chi connectivity index (χ0v) is 8.35. The molecule has 0 aromatic heterocycles. The fourth-order valence-electron chi connectivity index (χ4n) is 1.36. The molecule has 0 aliphatic carbocycles. The Hall–Kier alpha value is -1.44. The SMILES string of the molecule is C=C(N)c1cc(C)c(OC)cc1C. The molecule has 0 amide bonds. The average molecular weight is 177 g/mol. The maximum Gasteiger partial charge on any atom is 0.122 e. The maximum atomic E-state index is 5.64. The van der Waals surface area contributed by atoms with Gasteiger partial charge in [-0.25, -0.2) is 0 Å². The number of hydrogen-bond donors (Lipinski definition) is 1. The third-order valence-corrected chi connectivity index (χ3v) is 2.09. The summed E-state index contributed by atoms with van der Waals surface area (Å²) < 4.78 is 5.19. The van der Waals surface area contributed by atoms with E-state index in [2.05, 4.69) is 6.58 Å². The molecule has 0 atom stereocenters. The molecule has 0 fully saturated rings. The van der Waals surface area contributed by atoms with Crippen LogP contribution in [0.1, 0.15) is 16.7 Å². The second-order valence-electron chi connectivity index (χ2n) is 3.16. The van der Waals surface area contributed by atoms with Crippen molar-refractivity contribution in [3.63, 3.8) is 0 Å². The van der Waals surface area contributed by atoms with E-state index in [0.29, 0.717) is 5.70 Å². The number of ether oxygens (including phenoxy) is 1. The topological polar surface area (TPSA) is 35.2 Å². The minimum atomic E-state index is 0.600. The van der Waals surface area contributed by atoms with E-state index >= 15 is 0 Å². The molecule has 2 heteroatoms. The number of aryl methyl sites for hydroxylation is 2. The second kappa shape index (κ2) is 3.52. The summed E-state index contributed by atoms with van der Waals surface area (Å²) in [7, 11) is 1.67. The molecule has 0 saturated heterocycles. The lowest BCUT2D eigenvalue weighted by molar-refractivity contribution is 0.411. The van der Waals surface area contributed by atoms with E-state index in [0.717, 1.165) is 22.4 Å². The number of nitrogens with two attached hydrogens (primary N) is 1. The highest BCUT2D eigenvalue weighted by atomic mass is 16.5. The Balaban J connectivity index is 3.28. The van der Waals surface area contributed by atoms with Gasteiger partial charge in [0.05, 0.1) is 7.11 Å². The minimum Gasteiger partial charge on any atom is -0.496 e. The first-order valence-electron chi connectivity index (χ1n) is 4.16. The summed E-state index contributed by atoms with van der Waals surface area (Å²) in [6.45, 7) is 7.71. The predicted octanol–water partition coefficient (Wildman–Crippen LogP) is 2.24. The van der Waals surface area contributed by atoms with E-state index < -0.39 is 0 Å². The molecular formula is C11H15NO. The zero-order valence-electron chi connectivity index (χ0n) is 8.35. The lowest BCUT2D eigenvalue weighted by Crippen LogP contribution is -1.99. The molecule has 0 heterocycles. The van der Waals surface area contributed by atoms with Gasteiger partial charge in [-0.15, -0.1) is 0 Å². The van der Waals surface area contributed by atoms with Crippen LogP contribution in [0.25, 0.3) is 5.70 Å². The third-order valence-electron chi connectivity index (χ3n) is 2.09. The highest BCUT2D eigenvalue weighted by Crippen LogP contribution is 2.24. The van der Waals surface area contributed by atoms with Gasteiger partial charge in [-0.2, -0.15) is 0 Å². The van der Waals surface area contributed by atoms with Crippen LogP contribution in [-0.2, 0) is 0 Å². The number of rotatable bonds is 2. The summed E-state index contributed by atoms with van der Waals surface area (Å²) in [5.41, 5.74) is 9.41. The minimum absolute atomic E-state index is 0.600. The van der Waals surface area contributed by atoms with Gasteiger partial charge in [0.25, 0.3) is 0 Å². The number of methoxy groups -OCH3 is 1. The van der Waals surface area contributed by atoms with Gasteiger partial charge in [-0.05, 0) is 37.1 Å². The molecule has 0 radical (unpaired) electrons. The summed E-state index contributed by atoms with van der Waals surface area (Å²) in [6, 6.07) is 3.97. The lowest BCUT2D eigenvalue weighted by Gasteiger charge is -2.10. The van der Waals surface area contributed by atoms with Crippen LogP contribution in [0.5, 0.6) is 5.75 Å². The van der Waals surface area contributed by atoms with Crippen LogP contribution < -0.4 is 10.5 Å². The van der Waals surface area contributed by atoms with Crippen molar-refractivity contribution in [2.24, 2.45) is 5.73 Å². The molecule has 70 valence electrons. The molecule has 0 aliphatic heterocycles. The van der Waals surface area contributed by atoms with Crippen LogP contribution in [-0.4, -0.2) is 7.11 Å². The van der Waals surface area contributed by atoms with E-state index in [1.54, 1.807) is 7.11 Å². The van der Waals surface area contributed by atoms with Crippen LogP contribution in [0.3, 0.4) is 0 Å². The Labute approximate surface area is 79.0 Å². The molecule has 0 unspecified atom stereocenters. The highest BCUT2D eigenvalue weighted by Gasteiger charge is 2.04. The standard InChI is InChI=1S/C11H15NO/c1-7-6-11(13-4)8(2)5-10(7)9(3)12/h5-6H,3,12H2,1-2,4H3. The van der Waals surface area contributed by atoms with Gasteiger partial charge in [0, 0.05) is 11.3 Å². The Bertz CT molecular complexity index is 342. The third kappa shape index (κ3) is 1.83. The summed E-state index contributed by atoms with van der Waals surface area (Å²) in [5, 5.41) is 0. The molecule has 2 N–H and O–H groups in total. The van der Waals surface area contributed by atoms with Crippen molar-refractivity contribution in [1.29, 1.82) is 0 Å². The monoisotopic (exact) mass is 177 g/mol. The van der Waals surface area contributed by atoms with Crippen molar-refractivity contribution in [3.05, 3.63) is 35.4 Å². The predicted molar refractivity (Wildman–Crippen MR) is 55.7 cm³/mol. The highest BCUT2D eigenvalue weighted by molar-refractivity contribution is 5.65. The molecular weight excluding hydrogens is 162 g/mol. The average Bonchev–Trinajstić information content (AvgIpc) is 2.07. The van der Waals surface area contributed by atoms with Crippen molar-refractivity contribution in [1.82, 2.24) is 0 Å². The molecule has 0 bridgehead atoms. The second-order valence-corrected chi connectivity index (χ2v) is 3.16. The van der Waals surface area contributed by atoms with Gasteiger partial charge >= 0.3 is 0 Å². The number of benzene rings is 1. The van der Waals surface area contributed by atoms with Crippen molar-refractivity contribution in [2.45, 2.75) is 13.8 Å². The van der Waals surface area contributed by atoms with E-state index in [-0.39, 0.29) is 0 Å². The molecule has 2 nitrogen and oxygen atoms in total. The molecule has 1 aromatic rings. The van der Waals surface area contributed by atoms with Crippen molar-refractivity contribution < 1.29 is 4.74 Å². The molecule has 0 aliphatic rings. The Morgan fingerprint density at radius 1 is 1.31 bits per heavy atom. The maximum absolute atomic E-state index is 5.64. The summed E-state index contributed by atoms with van der Waals surface area (Å²) in [6.07, 6.45) is 0. The van der Waals surface area contributed by atoms with Crippen molar-refractivity contribution in [3.8, 4) is 5.75 Å². The molecule has 1 aromatic carbocycles. The molecule has 13 heavy (non-hydrogen) atoms. The van der Waals surface area contributed by atoms with E-state index in [4.69, 9.17) is 10.5 Å². The summed E-state index contributed by atoms with van der Waals surface area (Å²) in [5.74, 6) is 0.891. The molecule has 0 saturated carbocycles. The Morgan fingerprint density at radius 2 is 1.92 bits per heavy atom. The quantitative estimate of drug-likeness (QED) is 0.752. The summed E-state index contributed by atoms with van der Waals surface area (Å²) >= 11 is 0. The molecule has 0 spiro atoms. The van der Waals surface area contributed by atoms with E-state index in [1.165, 1.54) is 0 Å². The van der Waals surface area contributed by atoms with Crippen LogP contribution in [0, 0.1) is 13.8 Å². The number of hydrogen-bond acceptors (Lipinski definition) is 2.